The molecule has 0 N–H and O–H groups in total. The highest BCUT2D eigenvalue weighted by Crippen LogP contribution is 1.59. The van der Waals surface area contributed by atoms with Crippen LogP contribution in [0.3, 0.4) is 0 Å². The third-order valence-corrected chi connectivity index (χ3v) is 0. The summed E-state index contributed by atoms with van der Waals surface area (Å²) in [6.45, 7) is 9.70. The first-order valence-electron chi connectivity index (χ1n) is 4.98. The fourth-order valence-electron chi connectivity index (χ4n) is 0. The van der Waals surface area contributed by atoms with E-state index in [0.29, 0.717) is 0 Å². The van der Waals surface area contributed by atoms with Crippen LogP contribution in [0, 0.1) is 0 Å². The zero-order chi connectivity index (χ0) is 13.5. The Morgan fingerprint density at radius 1 is 0.350 bits per heavy atom. The quantitative estimate of drug-likeness (QED) is 0.390. The van der Waals surface area contributed by atoms with E-state index in [1.165, 1.54) is 0 Å². The van der Waals surface area contributed by atoms with Crippen molar-refractivity contribution in [2.24, 2.45) is 0 Å². The van der Waals surface area contributed by atoms with Gasteiger partial charge in [-0.15, -0.1) is 0 Å². The van der Waals surface area contributed by atoms with E-state index >= 15 is 0 Å². The number of rotatable bonds is 0. The molecule has 0 aromatic heterocycles. The molecule has 10 heteroatoms. The van der Waals surface area contributed by atoms with Crippen molar-refractivity contribution in [3.63, 3.8) is 0 Å². The summed E-state index contributed by atoms with van der Waals surface area (Å²) in [6, 6.07) is 0. The van der Waals surface area contributed by atoms with Gasteiger partial charge in [0.15, 0.2) is 0 Å². The van der Waals surface area contributed by atoms with E-state index in [0.717, 1.165) is 28.8 Å². The third kappa shape index (κ3) is 3350. The van der Waals surface area contributed by atoms with E-state index in [1.54, 1.807) is 0 Å². The molecule has 0 saturated carbocycles. The maximum Gasteiger partial charge on any atom is 0.000844 e. The second-order valence-corrected chi connectivity index (χ2v) is 4.33. The average Bonchev–Trinajstić information content (AvgIpc) is 2.09. The Bertz CT molecular complexity index is 41.6. The maximum atomic E-state index is 4.39. The Kier molecular flexibility index (Phi) is 642. The molecular weight excluding hydrogens is 375 g/mol. The maximum absolute atomic E-state index is 4.39. The molecule has 0 aliphatic carbocycles. The first-order chi connectivity index (χ1) is 7.07. The standard InChI is InChI=1S/5C2H5S.5FH/c5*1-2-3;;;;;/h5*2H2,1H3;5*1H. The smallest absolute Gasteiger partial charge is 0.000844 e. The zero-order valence-electron chi connectivity index (χ0n) is 12.6. The molecule has 0 fully saturated rings. The Morgan fingerprint density at radius 3 is 0.350 bits per heavy atom. The second kappa shape index (κ2) is 187. The number of hydrogen-bond acceptors (Lipinski definition) is 0. The van der Waals surface area contributed by atoms with E-state index in [-0.39, 0.29) is 23.5 Å². The minimum absolute atomic E-state index is 0. The molecule has 0 rings (SSSR count). The molecule has 0 aliphatic rings. The largest absolute Gasteiger partial charge is 0.269 e. The van der Waals surface area contributed by atoms with Crippen molar-refractivity contribution in [3.05, 3.63) is 0 Å². The van der Waals surface area contributed by atoms with Crippen molar-refractivity contribution < 1.29 is 23.5 Å². The summed E-state index contributed by atoms with van der Waals surface area (Å²) in [6.07, 6.45) is 0. The topological polar surface area (TPSA) is 0 Å². The molecule has 20 heavy (non-hydrogen) atoms. The third-order valence-electron chi connectivity index (χ3n) is 0. The van der Waals surface area contributed by atoms with Crippen LogP contribution in [-0.4, -0.2) is 28.8 Å². The number of hydrogen-bond donors (Lipinski definition) is 0. The van der Waals surface area contributed by atoms with Crippen LogP contribution in [0.1, 0.15) is 34.6 Å². The highest BCUT2D eigenvalue weighted by atomic mass is 32.1. The molecule has 0 nitrogen and oxygen atoms in total. The van der Waals surface area contributed by atoms with Crippen LogP contribution in [0.25, 0.3) is 0 Å². The summed E-state index contributed by atoms with van der Waals surface area (Å²) in [7, 11) is 0. The summed E-state index contributed by atoms with van der Waals surface area (Å²) >= 11 is 22.0. The predicted molar refractivity (Wildman–Crippen MR) is 103 cm³/mol. The van der Waals surface area contributed by atoms with Crippen molar-refractivity contribution >= 4 is 63.1 Å². The van der Waals surface area contributed by atoms with Crippen molar-refractivity contribution in [1.82, 2.24) is 0 Å². The SMILES string of the molecule is CC[S].CC[S].CC[S].CC[S].CC[S].F.F.F.F.F. The van der Waals surface area contributed by atoms with Gasteiger partial charge in [-0.2, -0.15) is 0 Å². The Hall–Kier alpha value is 1.40. The minimum atomic E-state index is 0. The molecule has 135 valence electrons. The second-order valence-electron chi connectivity index (χ2n) is 1.44. The lowest BCUT2D eigenvalue weighted by atomic mass is 11.0. The van der Waals surface area contributed by atoms with Gasteiger partial charge < -0.3 is 0 Å². The van der Waals surface area contributed by atoms with Crippen LogP contribution in [-0.2, 0) is 0 Å². The molecule has 0 unspecified atom stereocenters. The van der Waals surface area contributed by atoms with Gasteiger partial charge in [0.1, 0.15) is 0 Å². The molecule has 0 aliphatic heterocycles. The molecule has 0 spiro atoms. The first kappa shape index (κ1) is 68.5. The van der Waals surface area contributed by atoms with Crippen LogP contribution in [0.15, 0.2) is 0 Å². The van der Waals surface area contributed by atoms with E-state index in [2.05, 4.69) is 63.1 Å². The van der Waals surface area contributed by atoms with Gasteiger partial charge in [0.2, 0.25) is 0 Å². The Labute approximate surface area is 149 Å². The van der Waals surface area contributed by atoms with Gasteiger partial charge in [0, 0.05) is 28.8 Å². The van der Waals surface area contributed by atoms with Gasteiger partial charge in [-0.3, -0.25) is 23.5 Å². The fraction of sp³-hybridized carbons (Fsp3) is 1.00. The summed E-state index contributed by atoms with van der Waals surface area (Å²) in [5.41, 5.74) is 0. The van der Waals surface area contributed by atoms with Crippen LogP contribution in [0.4, 0.5) is 23.5 Å². The van der Waals surface area contributed by atoms with E-state index < -0.39 is 0 Å². The summed E-state index contributed by atoms with van der Waals surface area (Å²) in [5.74, 6) is 4.17. The molecule has 0 heterocycles. The van der Waals surface area contributed by atoms with Crippen molar-refractivity contribution in [1.29, 1.82) is 0 Å². The van der Waals surface area contributed by atoms with Gasteiger partial charge in [-0.05, 0) is 0 Å². The summed E-state index contributed by atoms with van der Waals surface area (Å²) in [4.78, 5) is 0. The van der Waals surface area contributed by atoms with E-state index in [9.17, 15) is 0 Å². The van der Waals surface area contributed by atoms with Crippen molar-refractivity contribution in [2.45, 2.75) is 34.6 Å². The molecule has 0 bridgehead atoms. The fourth-order valence-corrected chi connectivity index (χ4v) is 0. The van der Waals surface area contributed by atoms with Crippen LogP contribution in [0.5, 0.6) is 0 Å². The molecule has 0 saturated heterocycles. The van der Waals surface area contributed by atoms with Gasteiger partial charge in [-0.25, -0.2) is 0 Å². The molecule has 0 amide bonds. The predicted octanol–water partition coefficient (Wildman–Crippen LogP) is 6.78. The molecule has 0 aromatic rings. The number of halogens is 5. The van der Waals surface area contributed by atoms with Gasteiger partial charge in [0.25, 0.3) is 0 Å². The van der Waals surface area contributed by atoms with E-state index in [4.69, 9.17) is 0 Å². The summed E-state index contributed by atoms with van der Waals surface area (Å²) in [5, 5.41) is 0. The minimum Gasteiger partial charge on any atom is -0.269 e. The van der Waals surface area contributed by atoms with Crippen LogP contribution < -0.4 is 0 Å². The van der Waals surface area contributed by atoms with Gasteiger partial charge >= 0.3 is 0 Å². The Morgan fingerprint density at radius 2 is 0.350 bits per heavy atom. The lowest BCUT2D eigenvalue weighted by molar-refractivity contribution is 1.11. The highest BCUT2D eigenvalue weighted by Gasteiger charge is 1.39. The van der Waals surface area contributed by atoms with E-state index in [1.807, 2.05) is 34.6 Å². The van der Waals surface area contributed by atoms with Crippen molar-refractivity contribution in [2.75, 3.05) is 28.8 Å². The van der Waals surface area contributed by atoms with Gasteiger partial charge in [-0.1, -0.05) is 97.8 Å². The average molecular weight is 406 g/mol. The molecule has 0 aromatic carbocycles. The Balaban J connectivity index is -0.00000000735. The monoisotopic (exact) mass is 405 g/mol. The normalized spacial score (nSPS) is 4.50. The van der Waals surface area contributed by atoms with Crippen LogP contribution in [0.2, 0.25) is 0 Å². The zero-order valence-corrected chi connectivity index (χ0v) is 16.7. The first-order valence-corrected chi connectivity index (χ1v) is 7.87. The summed E-state index contributed by atoms with van der Waals surface area (Å²) < 4.78 is 0. The van der Waals surface area contributed by atoms with Crippen molar-refractivity contribution in [3.8, 4) is 0 Å². The molecule has 0 atom stereocenters. The lowest BCUT2D eigenvalue weighted by Crippen LogP contribution is -1.36. The van der Waals surface area contributed by atoms with Crippen LogP contribution >= 0.6 is 63.1 Å². The molecular formula is C10H30F5S5. The molecule has 5 radical (unpaired) electrons. The highest BCUT2D eigenvalue weighted by molar-refractivity contribution is 7.80. The van der Waals surface area contributed by atoms with Gasteiger partial charge in [0.05, 0.1) is 0 Å². The lowest BCUT2D eigenvalue weighted by Gasteiger charge is -1.45.